The first kappa shape index (κ1) is 12.1. The fraction of sp³-hybridized carbons (Fsp3) is 0.188. The third kappa shape index (κ3) is 2.38. The first-order valence-corrected chi connectivity index (χ1v) is 6.92. The predicted octanol–water partition coefficient (Wildman–Crippen LogP) is 3.35. The molecule has 0 radical (unpaired) electrons. The molecular formula is C16H13N3O2. The summed E-state index contributed by atoms with van der Waals surface area (Å²) in [4.78, 5) is 16.4. The maximum atomic E-state index is 12.2. The van der Waals surface area contributed by atoms with Crippen LogP contribution >= 0.6 is 0 Å². The molecule has 2 heterocycles. The van der Waals surface area contributed by atoms with Crippen LogP contribution in [0.1, 0.15) is 35.0 Å². The summed E-state index contributed by atoms with van der Waals surface area (Å²) in [5.74, 6) is 1.00. The van der Waals surface area contributed by atoms with Gasteiger partial charge in [-0.05, 0) is 37.1 Å². The lowest BCUT2D eigenvalue weighted by Gasteiger charge is -2.04. The molecule has 21 heavy (non-hydrogen) atoms. The lowest BCUT2D eigenvalue weighted by Crippen LogP contribution is -2.12. The van der Waals surface area contributed by atoms with Gasteiger partial charge >= 0.3 is 0 Å². The highest BCUT2D eigenvalue weighted by Crippen LogP contribution is 2.40. The number of amides is 1. The van der Waals surface area contributed by atoms with Crippen LogP contribution in [0.3, 0.4) is 0 Å². The number of carbonyl (C=O) groups is 1. The highest BCUT2D eigenvalue weighted by molar-refractivity contribution is 6.03. The minimum Gasteiger partial charge on any atom is -0.360 e. The molecule has 5 nitrogen and oxygen atoms in total. The van der Waals surface area contributed by atoms with E-state index >= 15 is 0 Å². The highest BCUT2D eigenvalue weighted by atomic mass is 16.5. The van der Waals surface area contributed by atoms with E-state index in [-0.39, 0.29) is 5.91 Å². The van der Waals surface area contributed by atoms with Crippen LogP contribution in [0.25, 0.3) is 10.9 Å². The molecule has 0 saturated heterocycles. The van der Waals surface area contributed by atoms with Crippen LogP contribution in [0.15, 0.2) is 47.1 Å². The Hall–Kier alpha value is -2.69. The van der Waals surface area contributed by atoms with Crippen molar-refractivity contribution in [3.05, 3.63) is 54.0 Å². The Morgan fingerprint density at radius 2 is 2.14 bits per heavy atom. The van der Waals surface area contributed by atoms with Crippen molar-refractivity contribution in [1.29, 1.82) is 0 Å². The second-order valence-electron chi connectivity index (χ2n) is 5.25. The Morgan fingerprint density at radius 3 is 3.00 bits per heavy atom. The zero-order valence-electron chi connectivity index (χ0n) is 11.2. The van der Waals surface area contributed by atoms with Gasteiger partial charge in [-0.3, -0.25) is 9.78 Å². The van der Waals surface area contributed by atoms with Crippen molar-refractivity contribution in [3.63, 3.8) is 0 Å². The topological polar surface area (TPSA) is 68.0 Å². The van der Waals surface area contributed by atoms with Crippen molar-refractivity contribution in [3.8, 4) is 0 Å². The molecule has 2 aromatic heterocycles. The molecule has 0 aliphatic heterocycles. The number of aromatic nitrogens is 2. The van der Waals surface area contributed by atoms with Crippen molar-refractivity contribution in [2.45, 2.75) is 18.8 Å². The quantitative estimate of drug-likeness (QED) is 0.798. The van der Waals surface area contributed by atoms with E-state index in [1.165, 1.54) is 0 Å². The zero-order chi connectivity index (χ0) is 14.2. The van der Waals surface area contributed by atoms with Crippen molar-refractivity contribution in [2.75, 3.05) is 5.32 Å². The molecule has 4 rings (SSSR count). The van der Waals surface area contributed by atoms with Crippen LogP contribution in [0.4, 0.5) is 5.69 Å². The summed E-state index contributed by atoms with van der Waals surface area (Å²) in [5.41, 5.74) is 1.94. The number of rotatable bonds is 3. The Balaban J connectivity index is 1.56. The van der Waals surface area contributed by atoms with Crippen molar-refractivity contribution >= 4 is 22.5 Å². The molecule has 104 valence electrons. The molecule has 1 aliphatic carbocycles. The van der Waals surface area contributed by atoms with Gasteiger partial charge in [0, 0.05) is 29.3 Å². The monoisotopic (exact) mass is 279 g/mol. The molecular weight excluding hydrogens is 266 g/mol. The smallest absolute Gasteiger partial charge is 0.277 e. The molecule has 1 aliphatic rings. The van der Waals surface area contributed by atoms with E-state index in [0.29, 0.717) is 11.6 Å². The average Bonchev–Trinajstić information content (AvgIpc) is 3.24. The van der Waals surface area contributed by atoms with Gasteiger partial charge in [-0.1, -0.05) is 11.2 Å². The number of hydrogen-bond donors (Lipinski definition) is 1. The molecule has 0 atom stereocenters. The molecule has 1 fully saturated rings. The van der Waals surface area contributed by atoms with Gasteiger partial charge in [0.15, 0.2) is 5.69 Å². The first-order valence-electron chi connectivity index (χ1n) is 6.92. The fourth-order valence-electron chi connectivity index (χ4n) is 2.31. The van der Waals surface area contributed by atoms with E-state index < -0.39 is 0 Å². The Morgan fingerprint density at radius 1 is 1.24 bits per heavy atom. The Labute approximate surface area is 121 Å². The number of nitrogens with zero attached hydrogens (tertiary/aromatic N) is 2. The average molecular weight is 279 g/mol. The summed E-state index contributed by atoms with van der Waals surface area (Å²) >= 11 is 0. The molecule has 0 bridgehead atoms. The Kier molecular flexibility index (Phi) is 2.70. The van der Waals surface area contributed by atoms with Crippen molar-refractivity contribution in [1.82, 2.24) is 10.1 Å². The van der Waals surface area contributed by atoms with Crippen molar-refractivity contribution < 1.29 is 9.32 Å². The van der Waals surface area contributed by atoms with Crippen molar-refractivity contribution in [2.24, 2.45) is 0 Å². The summed E-state index contributed by atoms with van der Waals surface area (Å²) in [6.07, 6.45) is 3.98. The lowest BCUT2D eigenvalue weighted by atomic mass is 10.2. The summed E-state index contributed by atoms with van der Waals surface area (Å²) in [5, 5.41) is 7.65. The second kappa shape index (κ2) is 4.70. The molecule has 0 unspecified atom stereocenters. The van der Waals surface area contributed by atoms with Crippen LogP contribution in [-0.4, -0.2) is 16.0 Å². The minimum atomic E-state index is -0.256. The minimum absolute atomic E-state index is 0.256. The highest BCUT2D eigenvalue weighted by Gasteiger charge is 2.28. The van der Waals surface area contributed by atoms with E-state index in [9.17, 15) is 4.79 Å². The Bertz CT molecular complexity index is 821. The van der Waals surface area contributed by atoms with E-state index in [2.05, 4.69) is 15.5 Å². The van der Waals surface area contributed by atoms with Crippen LogP contribution < -0.4 is 5.32 Å². The first-order chi connectivity index (χ1) is 10.3. The molecule has 1 amide bonds. The van der Waals surface area contributed by atoms with E-state index in [1.54, 1.807) is 12.3 Å². The number of hydrogen-bond acceptors (Lipinski definition) is 4. The van der Waals surface area contributed by atoms with Gasteiger partial charge in [0.25, 0.3) is 5.91 Å². The summed E-state index contributed by atoms with van der Waals surface area (Å²) in [6.45, 7) is 0. The normalized spacial score (nSPS) is 14.3. The lowest BCUT2D eigenvalue weighted by molar-refractivity contribution is 0.101. The standard InChI is InChI=1S/C16H13N3O2/c20-16(14-9-15(21-19-14)10-3-4-10)18-12-5-6-13-11(8-12)2-1-7-17-13/h1-2,5-10H,3-4H2,(H,18,20). The van der Waals surface area contributed by atoms with Crippen LogP contribution in [0.2, 0.25) is 0 Å². The number of nitrogens with one attached hydrogen (secondary N) is 1. The van der Waals surface area contributed by atoms with Gasteiger partial charge in [0.2, 0.25) is 0 Å². The summed E-state index contributed by atoms with van der Waals surface area (Å²) < 4.78 is 5.20. The van der Waals surface area contributed by atoms with Gasteiger partial charge < -0.3 is 9.84 Å². The van der Waals surface area contributed by atoms with Gasteiger partial charge in [-0.15, -0.1) is 0 Å². The van der Waals surface area contributed by atoms with Gasteiger partial charge in [0.1, 0.15) is 5.76 Å². The van der Waals surface area contributed by atoms with Crippen LogP contribution in [0, 0.1) is 0 Å². The summed E-state index contributed by atoms with van der Waals surface area (Å²) in [6, 6.07) is 11.2. The second-order valence-corrected chi connectivity index (χ2v) is 5.25. The fourth-order valence-corrected chi connectivity index (χ4v) is 2.31. The number of benzene rings is 1. The van der Waals surface area contributed by atoms with E-state index in [0.717, 1.165) is 35.2 Å². The molecule has 5 heteroatoms. The zero-order valence-corrected chi connectivity index (χ0v) is 11.2. The largest absolute Gasteiger partial charge is 0.360 e. The number of anilines is 1. The summed E-state index contributed by atoms with van der Waals surface area (Å²) in [7, 11) is 0. The molecule has 0 spiro atoms. The maximum absolute atomic E-state index is 12.2. The maximum Gasteiger partial charge on any atom is 0.277 e. The van der Waals surface area contributed by atoms with Crippen LogP contribution in [-0.2, 0) is 0 Å². The van der Waals surface area contributed by atoms with Gasteiger partial charge in [0.05, 0.1) is 5.52 Å². The van der Waals surface area contributed by atoms with E-state index in [1.807, 2.05) is 30.3 Å². The third-order valence-electron chi connectivity index (χ3n) is 3.60. The molecule has 1 aromatic carbocycles. The number of pyridine rings is 1. The molecule has 1 saturated carbocycles. The molecule has 1 N–H and O–H groups in total. The van der Waals surface area contributed by atoms with Crippen LogP contribution in [0.5, 0.6) is 0 Å². The third-order valence-corrected chi connectivity index (χ3v) is 3.60. The molecule has 3 aromatic rings. The van der Waals surface area contributed by atoms with E-state index in [4.69, 9.17) is 4.52 Å². The number of carbonyl (C=O) groups excluding carboxylic acids is 1. The van der Waals surface area contributed by atoms with Gasteiger partial charge in [-0.25, -0.2) is 0 Å². The SMILES string of the molecule is O=C(Nc1ccc2ncccc2c1)c1cc(C2CC2)on1. The predicted molar refractivity (Wildman–Crippen MR) is 78.2 cm³/mol. The van der Waals surface area contributed by atoms with Gasteiger partial charge in [-0.2, -0.15) is 0 Å². The number of fused-ring (bicyclic) bond motifs is 1.